The van der Waals surface area contributed by atoms with Gasteiger partial charge in [0.1, 0.15) is 0 Å². The average molecular weight is 393 g/mol. The van der Waals surface area contributed by atoms with Gasteiger partial charge in [0, 0.05) is 23.8 Å². The molecule has 0 heterocycles. The number of rotatable bonds is 5. The molecule has 0 aliphatic rings. The number of aryl methyl sites for hydroxylation is 3. The van der Waals surface area contributed by atoms with Gasteiger partial charge in [-0.25, -0.2) is 4.79 Å². The molecule has 3 nitrogen and oxygen atoms in total. The first-order valence-electron chi connectivity index (χ1n) is 9.34. The van der Waals surface area contributed by atoms with Crippen molar-refractivity contribution in [3.8, 4) is 0 Å². The Bertz CT molecular complexity index is 902. The summed E-state index contributed by atoms with van der Waals surface area (Å²) in [6, 6.07) is 21.9. The number of halogens is 1. The quantitative estimate of drug-likeness (QED) is 0.528. The molecule has 0 aliphatic heterocycles. The lowest BCUT2D eigenvalue weighted by molar-refractivity contribution is 0.206. The number of hydrogen-bond acceptors (Lipinski definition) is 1. The number of amides is 2. The molecule has 0 spiro atoms. The van der Waals surface area contributed by atoms with Gasteiger partial charge in [-0.1, -0.05) is 77.3 Å². The highest BCUT2D eigenvalue weighted by molar-refractivity contribution is 6.31. The predicted molar refractivity (Wildman–Crippen MR) is 117 cm³/mol. The van der Waals surface area contributed by atoms with Gasteiger partial charge in [0.05, 0.1) is 0 Å². The summed E-state index contributed by atoms with van der Waals surface area (Å²) in [5.74, 6) is 0. The first kappa shape index (κ1) is 20.0. The minimum atomic E-state index is -0.152. The summed E-state index contributed by atoms with van der Waals surface area (Å²) in [5.41, 5.74) is 6.26. The summed E-state index contributed by atoms with van der Waals surface area (Å²) in [6.45, 7) is 7.11. The summed E-state index contributed by atoms with van der Waals surface area (Å²) in [6.07, 6.45) is 0. The Morgan fingerprint density at radius 3 is 1.79 bits per heavy atom. The fraction of sp³-hybridized carbons (Fsp3) is 0.208. The highest BCUT2D eigenvalue weighted by Crippen LogP contribution is 2.21. The summed E-state index contributed by atoms with van der Waals surface area (Å²) < 4.78 is 0. The summed E-state index contributed by atoms with van der Waals surface area (Å²) in [5, 5.41) is 3.62. The third kappa shape index (κ3) is 5.37. The molecule has 2 amide bonds. The highest BCUT2D eigenvalue weighted by atomic mass is 35.5. The first-order chi connectivity index (χ1) is 13.4. The number of anilines is 1. The molecule has 4 heteroatoms. The van der Waals surface area contributed by atoms with E-state index in [1.165, 1.54) is 11.1 Å². The van der Waals surface area contributed by atoms with Crippen LogP contribution in [0.2, 0.25) is 5.02 Å². The molecule has 0 saturated carbocycles. The van der Waals surface area contributed by atoms with Crippen molar-refractivity contribution in [1.29, 1.82) is 0 Å². The van der Waals surface area contributed by atoms with E-state index in [0.29, 0.717) is 23.8 Å². The van der Waals surface area contributed by atoms with Gasteiger partial charge in [0.15, 0.2) is 0 Å². The largest absolute Gasteiger partial charge is 0.322 e. The van der Waals surface area contributed by atoms with E-state index >= 15 is 0 Å². The molecule has 3 aromatic carbocycles. The fourth-order valence-corrected chi connectivity index (χ4v) is 3.08. The molecule has 3 rings (SSSR count). The Balaban J connectivity index is 1.80. The third-order valence-electron chi connectivity index (χ3n) is 4.70. The second kappa shape index (κ2) is 8.94. The van der Waals surface area contributed by atoms with Crippen LogP contribution in [0.1, 0.15) is 27.8 Å². The van der Waals surface area contributed by atoms with Gasteiger partial charge in [-0.15, -0.1) is 0 Å². The van der Waals surface area contributed by atoms with E-state index in [2.05, 4.69) is 67.7 Å². The zero-order valence-corrected chi connectivity index (χ0v) is 17.3. The van der Waals surface area contributed by atoms with E-state index in [1.54, 1.807) is 6.07 Å². The van der Waals surface area contributed by atoms with Crippen LogP contribution in [0.15, 0.2) is 66.7 Å². The van der Waals surface area contributed by atoms with Crippen molar-refractivity contribution in [3.05, 3.63) is 99.6 Å². The molecule has 144 valence electrons. The fourth-order valence-electron chi connectivity index (χ4n) is 2.90. The molecule has 3 aromatic rings. The predicted octanol–water partition coefficient (Wildman–Crippen LogP) is 6.50. The summed E-state index contributed by atoms with van der Waals surface area (Å²) in [4.78, 5) is 14.8. The summed E-state index contributed by atoms with van der Waals surface area (Å²) in [7, 11) is 0. The van der Waals surface area contributed by atoms with Gasteiger partial charge >= 0.3 is 6.03 Å². The van der Waals surface area contributed by atoms with Crippen molar-refractivity contribution in [2.24, 2.45) is 0 Å². The van der Waals surface area contributed by atoms with Gasteiger partial charge in [0.2, 0.25) is 0 Å². The molecule has 0 unspecified atom stereocenters. The molecular weight excluding hydrogens is 368 g/mol. The van der Waals surface area contributed by atoms with E-state index in [1.807, 2.05) is 24.0 Å². The van der Waals surface area contributed by atoms with Gasteiger partial charge in [-0.05, 0) is 49.6 Å². The topological polar surface area (TPSA) is 32.3 Å². The first-order valence-corrected chi connectivity index (χ1v) is 9.72. The molecule has 28 heavy (non-hydrogen) atoms. The number of urea groups is 1. The van der Waals surface area contributed by atoms with E-state index < -0.39 is 0 Å². The van der Waals surface area contributed by atoms with Gasteiger partial charge < -0.3 is 10.2 Å². The Morgan fingerprint density at radius 1 is 0.821 bits per heavy atom. The molecule has 1 N–H and O–H groups in total. The van der Waals surface area contributed by atoms with Crippen LogP contribution in [0.3, 0.4) is 0 Å². The van der Waals surface area contributed by atoms with Crippen molar-refractivity contribution in [2.45, 2.75) is 33.9 Å². The molecule has 0 fully saturated rings. The Kier molecular flexibility index (Phi) is 6.37. The normalized spacial score (nSPS) is 10.6. The van der Waals surface area contributed by atoms with Crippen molar-refractivity contribution < 1.29 is 4.79 Å². The van der Waals surface area contributed by atoms with Crippen molar-refractivity contribution in [3.63, 3.8) is 0 Å². The number of nitrogens with one attached hydrogen (secondary N) is 1. The van der Waals surface area contributed by atoms with Crippen LogP contribution in [-0.2, 0) is 13.1 Å². The molecule has 0 atom stereocenters. The molecule has 0 radical (unpaired) electrons. The molecule has 0 bridgehead atoms. The second-order valence-corrected chi connectivity index (χ2v) is 7.63. The minimum absolute atomic E-state index is 0.152. The standard InChI is InChI=1S/C24H25ClN2O/c1-17-4-9-20(10-5-17)15-27(16-21-11-6-18(2)7-12-21)24(28)26-22-13-8-19(3)23(25)14-22/h4-14H,15-16H2,1-3H3,(H,26,28). The lowest BCUT2D eigenvalue weighted by Crippen LogP contribution is -2.34. The number of carbonyl (C=O) groups excluding carboxylic acids is 1. The van der Waals surface area contributed by atoms with Crippen molar-refractivity contribution >= 4 is 23.3 Å². The van der Waals surface area contributed by atoms with E-state index in [9.17, 15) is 4.79 Å². The minimum Gasteiger partial charge on any atom is -0.316 e. The molecule has 0 aliphatic carbocycles. The molecule has 0 saturated heterocycles. The zero-order chi connectivity index (χ0) is 20.1. The van der Waals surface area contributed by atoms with Crippen LogP contribution in [0.25, 0.3) is 0 Å². The Morgan fingerprint density at radius 2 is 1.32 bits per heavy atom. The maximum Gasteiger partial charge on any atom is 0.322 e. The van der Waals surface area contributed by atoms with Crippen LogP contribution in [0.4, 0.5) is 10.5 Å². The average Bonchev–Trinajstić information content (AvgIpc) is 2.67. The maximum atomic E-state index is 13.0. The van der Waals surface area contributed by atoms with Crippen LogP contribution < -0.4 is 5.32 Å². The monoisotopic (exact) mass is 392 g/mol. The van der Waals surface area contributed by atoms with Gasteiger partial charge in [-0.2, -0.15) is 0 Å². The lowest BCUT2D eigenvalue weighted by Gasteiger charge is -2.24. The number of benzene rings is 3. The van der Waals surface area contributed by atoms with Crippen molar-refractivity contribution in [1.82, 2.24) is 4.90 Å². The van der Waals surface area contributed by atoms with Crippen LogP contribution >= 0.6 is 11.6 Å². The number of nitrogens with zero attached hydrogens (tertiary/aromatic N) is 1. The van der Waals surface area contributed by atoms with Crippen molar-refractivity contribution in [2.75, 3.05) is 5.32 Å². The lowest BCUT2D eigenvalue weighted by atomic mass is 10.1. The van der Waals surface area contributed by atoms with E-state index in [-0.39, 0.29) is 6.03 Å². The third-order valence-corrected chi connectivity index (χ3v) is 5.11. The zero-order valence-electron chi connectivity index (χ0n) is 16.5. The Hall–Kier alpha value is -2.78. The summed E-state index contributed by atoms with van der Waals surface area (Å²) >= 11 is 6.20. The van der Waals surface area contributed by atoms with Crippen LogP contribution in [0.5, 0.6) is 0 Å². The van der Waals surface area contributed by atoms with Crippen LogP contribution in [0, 0.1) is 20.8 Å². The molecular formula is C24H25ClN2O. The van der Waals surface area contributed by atoms with Gasteiger partial charge in [-0.3, -0.25) is 0 Å². The van der Waals surface area contributed by atoms with E-state index in [0.717, 1.165) is 16.7 Å². The number of carbonyl (C=O) groups is 1. The van der Waals surface area contributed by atoms with E-state index in [4.69, 9.17) is 11.6 Å². The second-order valence-electron chi connectivity index (χ2n) is 7.22. The SMILES string of the molecule is Cc1ccc(CN(Cc2ccc(C)cc2)C(=O)Nc2ccc(C)c(Cl)c2)cc1. The molecule has 0 aromatic heterocycles. The number of hydrogen-bond donors (Lipinski definition) is 1. The maximum absolute atomic E-state index is 13.0. The smallest absolute Gasteiger partial charge is 0.316 e. The highest BCUT2D eigenvalue weighted by Gasteiger charge is 2.15. The van der Waals surface area contributed by atoms with Gasteiger partial charge in [0.25, 0.3) is 0 Å². The Labute approximate surface area is 172 Å². The van der Waals surface area contributed by atoms with Crippen LogP contribution in [-0.4, -0.2) is 10.9 Å².